The maximum absolute atomic E-state index is 12.5. The summed E-state index contributed by atoms with van der Waals surface area (Å²) in [5.74, 6) is -4.72. The van der Waals surface area contributed by atoms with Gasteiger partial charge in [0, 0.05) is 6.42 Å². The van der Waals surface area contributed by atoms with Crippen LogP contribution < -0.4 is 21.7 Å². The predicted molar refractivity (Wildman–Crippen MR) is 99.1 cm³/mol. The van der Waals surface area contributed by atoms with E-state index in [0.717, 1.165) is 0 Å². The molecule has 5 unspecified atom stereocenters. The SMILES string of the molecule is CCC(C)C(NC(=O)C(C)N)C(=O)NC(C)C(=O)NC(CCC(=O)O)C(=O)O. The number of hydrogen-bond donors (Lipinski definition) is 6. The van der Waals surface area contributed by atoms with E-state index in [1.807, 2.05) is 6.92 Å². The van der Waals surface area contributed by atoms with Crippen LogP contribution in [0.2, 0.25) is 0 Å². The van der Waals surface area contributed by atoms with E-state index in [0.29, 0.717) is 6.42 Å². The van der Waals surface area contributed by atoms with Gasteiger partial charge < -0.3 is 31.9 Å². The number of aliphatic carboxylic acids is 2. The molecule has 11 heteroatoms. The van der Waals surface area contributed by atoms with Crippen LogP contribution in [0.25, 0.3) is 0 Å². The first-order chi connectivity index (χ1) is 12.9. The maximum Gasteiger partial charge on any atom is 0.326 e. The topological polar surface area (TPSA) is 188 Å². The van der Waals surface area contributed by atoms with Crippen LogP contribution >= 0.6 is 0 Å². The fourth-order valence-electron chi connectivity index (χ4n) is 2.18. The molecule has 0 aromatic carbocycles. The van der Waals surface area contributed by atoms with Crippen molar-refractivity contribution in [2.45, 2.75) is 71.1 Å². The lowest BCUT2D eigenvalue weighted by molar-refractivity contribution is -0.143. The van der Waals surface area contributed by atoms with Gasteiger partial charge in [-0.2, -0.15) is 0 Å². The number of carbonyl (C=O) groups excluding carboxylic acids is 3. The van der Waals surface area contributed by atoms with Gasteiger partial charge in [0.1, 0.15) is 18.1 Å². The molecule has 160 valence electrons. The highest BCUT2D eigenvalue weighted by Crippen LogP contribution is 2.09. The molecular weight excluding hydrogens is 372 g/mol. The van der Waals surface area contributed by atoms with Gasteiger partial charge in [-0.05, 0) is 26.2 Å². The Hall–Kier alpha value is -2.69. The van der Waals surface area contributed by atoms with E-state index < -0.39 is 60.2 Å². The zero-order valence-corrected chi connectivity index (χ0v) is 16.5. The van der Waals surface area contributed by atoms with Gasteiger partial charge in [-0.25, -0.2) is 4.79 Å². The Labute approximate surface area is 163 Å². The van der Waals surface area contributed by atoms with Crippen molar-refractivity contribution in [1.82, 2.24) is 16.0 Å². The largest absolute Gasteiger partial charge is 0.481 e. The second kappa shape index (κ2) is 11.9. The molecule has 0 aliphatic carbocycles. The fourth-order valence-corrected chi connectivity index (χ4v) is 2.18. The molecule has 0 aliphatic heterocycles. The first kappa shape index (κ1) is 25.3. The van der Waals surface area contributed by atoms with Crippen LogP contribution in [0.1, 0.15) is 47.0 Å². The van der Waals surface area contributed by atoms with Gasteiger partial charge >= 0.3 is 11.9 Å². The Balaban J connectivity index is 5.01. The summed E-state index contributed by atoms with van der Waals surface area (Å²) in [4.78, 5) is 58.3. The number of nitrogens with two attached hydrogens (primary N) is 1. The second-order valence-electron chi connectivity index (χ2n) is 6.72. The molecule has 0 rings (SSSR count). The molecular formula is C17H30N4O7. The van der Waals surface area contributed by atoms with Crippen LogP contribution in [0.4, 0.5) is 0 Å². The van der Waals surface area contributed by atoms with E-state index in [1.165, 1.54) is 13.8 Å². The summed E-state index contributed by atoms with van der Waals surface area (Å²) in [5.41, 5.74) is 5.50. The standard InChI is InChI=1S/C17H30N4O7/c1-5-8(2)13(21-14(24)9(3)18)16(26)19-10(4)15(25)20-11(17(27)28)6-7-12(22)23/h8-11,13H,5-7,18H2,1-4H3,(H,19,26)(H,20,25)(H,21,24)(H,22,23)(H,27,28). The number of carboxylic acid groups (broad SMARTS) is 2. The molecule has 0 spiro atoms. The molecule has 0 aromatic heterocycles. The van der Waals surface area contributed by atoms with Gasteiger partial charge in [-0.3, -0.25) is 19.2 Å². The molecule has 0 aliphatic rings. The molecule has 7 N–H and O–H groups in total. The molecule has 0 saturated heterocycles. The van der Waals surface area contributed by atoms with Gasteiger partial charge in [-0.15, -0.1) is 0 Å². The van der Waals surface area contributed by atoms with Gasteiger partial charge in [0.05, 0.1) is 6.04 Å². The zero-order valence-electron chi connectivity index (χ0n) is 16.5. The molecule has 28 heavy (non-hydrogen) atoms. The van der Waals surface area contributed by atoms with Gasteiger partial charge in [0.25, 0.3) is 0 Å². The van der Waals surface area contributed by atoms with Crippen LogP contribution in [0.5, 0.6) is 0 Å². The third-order valence-corrected chi connectivity index (χ3v) is 4.22. The number of nitrogens with one attached hydrogen (secondary N) is 3. The Bertz CT molecular complexity index is 594. The highest BCUT2D eigenvalue weighted by atomic mass is 16.4. The Kier molecular flexibility index (Phi) is 10.8. The summed E-state index contributed by atoms with van der Waals surface area (Å²) in [6.07, 6.45) is -0.150. The first-order valence-electron chi connectivity index (χ1n) is 9.01. The van der Waals surface area contributed by atoms with Gasteiger partial charge in [0.15, 0.2) is 0 Å². The van der Waals surface area contributed by atoms with Crippen LogP contribution in [-0.2, 0) is 24.0 Å². The van der Waals surface area contributed by atoms with Crippen molar-refractivity contribution in [3.05, 3.63) is 0 Å². The number of hydrogen-bond acceptors (Lipinski definition) is 6. The summed E-state index contributed by atoms with van der Waals surface area (Å²) < 4.78 is 0. The second-order valence-corrected chi connectivity index (χ2v) is 6.72. The molecule has 5 atom stereocenters. The van der Waals surface area contributed by atoms with Crippen molar-refractivity contribution in [1.29, 1.82) is 0 Å². The van der Waals surface area contributed by atoms with Crippen molar-refractivity contribution in [3.8, 4) is 0 Å². The first-order valence-corrected chi connectivity index (χ1v) is 9.01. The van der Waals surface area contributed by atoms with E-state index >= 15 is 0 Å². The Morgan fingerprint density at radius 3 is 1.89 bits per heavy atom. The average molecular weight is 402 g/mol. The van der Waals surface area contributed by atoms with Crippen molar-refractivity contribution >= 4 is 29.7 Å². The number of amides is 3. The summed E-state index contributed by atoms with van der Waals surface area (Å²) >= 11 is 0. The summed E-state index contributed by atoms with van der Waals surface area (Å²) in [7, 11) is 0. The normalized spacial score (nSPS) is 16.0. The van der Waals surface area contributed by atoms with E-state index in [2.05, 4.69) is 16.0 Å². The number of carboxylic acids is 2. The minimum atomic E-state index is -1.40. The third-order valence-electron chi connectivity index (χ3n) is 4.22. The molecule has 0 bridgehead atoms. The van der Waals surface area contributed by atoms with E-state index in [4.69, 9.17) is 15.9 Å². The van der Waals surface area contributed by atoms with E-state index in [1.54, 1.807) is 6.92 Å². The predicted octanol–water partition coefficient (Wildman–Crippen LogP) is -1.20. The summed E-state index contributed by atoms with van der Waals surface area (Å²) in [6, 6.07) is -4.23. The minimum absolute atomic E-state index is 0.236. The van der Waals surface area contributed by atoms with Gasteiger partial charge in [0.2, 0.25) is 17.7 Å². The quantitative estimate of drug-likeness (QED) is 0.235. The average Bonchev–Trinajstić information content (AvgIpc) is 2.60. The minimum Gasteiger partial charge on any atom is -0.481 e. The highest BCUT2D eigenvalue weighted by molar-refractivity contribution is 5.94. The molecule has 0 heterocycles. The van der Waals surface area contributed by atoms with Crippen LogP contribution in [0.15, 0.2) is 0 Å². The van der Waals surface area contributed by atoms with E-state index in [-0.39, 0.29) is 12.3 Å². The summed E-state index contributed by atoms with van der Waals surface area (Å²) in [5, 5.41) is 24.9. The summed E-state index contributed by atoms with van der Waals surface area (Å²) in [6.45, 7) is 6.41. The molecule has 0 radical (unpaired) electrons. The molecule has 11 nitrogen and oxygen atoms in total. The molecule has 0 fully saturated rings. The van der Waals surface area contributed by atoms with E-state index in [9.17, 15) is 24.0 Å². The fraction of sp³-hybridized carbons (Fsp3) is 0.706. The Morgan fingerprint density at radius 1 is 0.893 bits per heavy atom. The van der Waals surface area contributed by atoms with Crippen LogP contribution in [-0.4, -0.2) is 64.0 Å². The van der Waals surface area contributed by atoms with Crippen molar-refractivity contribution < 1.29 is 34.2 Å². The molecule has 3 amide bonds. The lowest BCUT2D eigenvalue weighted by Crippen LogP contribution is -2.57. The smallest absolute Gasteiger partial charge is 0.326 e. The molecule has 0 aromatic rings. The van der Waals surface area contributed by atoms with Gasteiger partial charge in [-0.1, -0.05) is 20.3 Å². The van der Waals surface area contributed by atoms with Crippen molar-refractivity contribution in [2.75, 3.05) is 0 Å². The lowest BCUT2D eigenvalue weighted by atomic mass is 9.97. The Morgan fingerprint density at radius 2 is 1.46 bits per heavy atom. The zero-order chi connectivity index (χ0) is 22.0. The van der Waals surface area contributed by atoms with Crippen LogP contribution in [0, 0.1) is 5.92 Å². The number of carbonyl (C=O) groups is 5. The van der Waals surface area contributed by atoms with Crippen molar-refractivity contribution in [2.24, 2.45) is 11.7 Å². The molecule has 0 saturated carbocycles. The van der Waals surface area contributed by atoms with Crippen molar-refractivity contribution in [3.63, 3.8) is 0 Å². The monoisotopic (exact) mass is 402 g/mol. The lowest BCUT2D eigenvalue weighted by Gasteiger charge is -2.26. The number of rotatable bonds is 12. The third kappa shape index (κ3) is 8.80. The highest BCUT2D eigenvalue weighted by Gasteiger charge is 2.30. The van der Waals surface area contributed by atoms with Crippen LogP contribution in [0.3, 0.4) is 0 Å². The maximum atomic E-state index is 12.5.